The maximum absolute atomic E-state index is 12.6. The summed E-state index contributed by atoms with van der Waals surface area (Å²) in [6.45, 7) is 4.84. The Balaban J connectivity index is 1.32. The molecule has 6 heteroatoms. The number of amides is 1. The van der Waals surface area contributed by atoms with Crippen LogP contribution in [0.1, 0.15) is 35.4 Å². The molecule has 1 amide bonds. The Bertz CT molecular complexity index is 751. The molecule has 0 saturated carbocycles. The average molecular weight is 355 g/mol. The van der Waals surface area contributed by atoms with E-state index < -0.39 is 0 Å². The first-order chi connectivity index (χ1) is 12.7. The van der Waals surface area contributed by atoms with Crippen molar-refractivity contribution in [1.29, 1.82) is 0 Å². The fraction of sp³-hybridized carbons (Fsp3) is 0.500. The van der Waals surface area contributed by atoms with Crippen LogP contribution in [0.25, 0.3) is 0 Å². The van der Waals surface area contributed by atoms with Gasteiger partial charge >= 0.3 is 0 Å². The monoisotopic (exact) mass is 355 g/mol. The summed E-state index contributed by atoms with van der Waals surface area (Å²) in [6, 6.07) is 12.2. The number of hydrogen-bond acceptors (Lipinski definition) is 5. The van der Waals surface area contributed by atoms with Crippen LogP contribution in [0.2, 0.25) is 0 Å². The van der Waals surface area contributed by atoms with Crippen LogP contribution in [-0.4, -0.2) is 54.2 Å². The van der Waals surface area contributed by atoms with Crippen molar-refractivity contribution in [3.05, 3.63) is 47.7 Å². The Morgan fingerprint density at radius 3 is 2.62 bits per heavy atom. The molecule has 0 N–H and O–H groups in total. The molecule has 3 heterocycles. The van der Waals surface area contributed by atoms with Crippen molar-refractivity contribution in [3.63, 3.8) is 0 Å². The summed E-state index contributed by atoms with van der Waals surface area (Å²) < 4.78 is 10.1. The van der Waals surface area contributed by atoms with Crippen molar-refractivity contribution >= 4 is 5.91 Å². The minimum atomic E-state index is -0.0882. The standard InChI is InChI=1S/C20H25N3O3/c1-25-18-13-17(26-21-18)19(24)23-11-8-20(9-12-23)7-10-22(15-20)14-16-5-3-2-4-6-16/h2-6,13H,7-12,14-15H2,1H3. The Labute approximate surface area is 153 Å². The second-order valence-electron chi connectivity index (χ2n) is 7.47. The lowest BCUT2D eigenvalue weighted by Gasteiger charge is -2.39. The maximum Gasteiger partial charge on any atom is 0.292 e. The van der Waals surface area contributed by atoms with Gasteiger partial charge in [0.2, 0.25) is 5.76 Å². The number of aromatic nitrogens is 1. The van der Waals surface area contributed by atoms with Gasteiger partial charge in [0.1, 0.15) is 0 Å². The minimum Gasteiger partial charge on any atom is -0.479 e. The highest BCUT2D eigenvalue weighted by Crippen LogP contribution is 2.41. The van der Waals surface area contributed by atoms with E-state index in [9.17, 15) is 4.79 Å². The second kappa shape index (κ2) is 7.11. The van der Waals surface area contributed by atoms with E-state index >= 15 is 0 Å². The van der Waals surface area contributed by atoms with E-state index in [2.05, 4.69) is 40.4 Å². The van der Waals surface area contributed by atoms with Gasteiger partial charge in [-0.15, -0.1) is 0 Å². The first kappa shape index (κ1) is 17.1. The number of carbonyl (C=O) groups is 1. The molecule has 2 fully saturated rings. The van der Waals surface area contributed by atoms with Gasteiger partial charge in [0.05, 0.1) is 13.2 Å². The van der Waals surface area contributed by atoms with Gasteiger partial charge in [0.15, 0.2) is 0 Å². The van der Waals surface area contributed by atoms with Crippen LogP contribution in [0.15, 0.2) is 40.9 Å². The molecule has 6 nitrogen and oxygen atoms in total. The summed E-state index contributed by atoms with van der Waals surface area (Å²) >= 11 is 0. The summed E-state index contributed by atoms with van der Waals surface area (Å²) in [4.78, 5) is 17.0. The van der Waals surface area contributed by atoms with E-state index in [0.29, 0.717) is 11.3 Å². The molecule has 138 valence electrons. The van der Waals surface area contributed by atoms with Gasteiger partial charge in [-0.3, -0.25) is 9.69 Å². The predicted molar refractivity (Wildman–Crippen MR) is 97.0 cm³/mol. The highest BCUT2D eigenvalue weighted by molar-refractivity contribution is 5.91. The molecule has 2 aliphatic rings. The first-order valence-electron chi connectivity index (χ1n) is 9.24. The number of rotatable bonds is 4. The van der Waals surface area contributed by atoms with E-state index in [0.717, 1.165) is 45.6 Å². The molecule has 0 atom stereocenters. The van der Waals surface area contributed by atoms with Gasteiger partial charge in [0.25, 0.3) is 11.8 Å². The molecule has 1 spiro atoms. The topological polar surface area (TPSA) is 58.8 Å². The number of methoxy groups -OCH3 is 1. The summed E-state index contributed by atoms with van der Waals surface area (Å²) in [7, 11) is 1.51. The quantitative estimate of drug-likeness (QED) is 0.844. The SMILES string of the molecule is COc1cc(C(=O)N2CCC3(CCN(Cc4ccccc4)C3)CC2)on1. The van der Waals surface area contributed by atoms with Gasteiger partial charge in [-0.1, -0.05) is 30.3 Å². The Morgan fingerprint density at radius 2 is 1.92 bits per heavy atom. The molecule has 2 saturated heterocycles. The van der Waals surface area contributed by atoms with Crippen molar-refractivity contribution in [2.45, 2.75) is 25.8 Å². The van der Waals surface area contributed by atoms with Crippen LogP contribution in [0.4, 0.5) is 0 Å². The highest BCUT2D eigenvalue weighted by atomic mass is 16.5. The van der Waals surface area contributed by atoms with Crippen molar-refractivity contribution in [2.75, 3.05) is 33.3 Å². The molecule has 26 heavy (non-hydrogen) atoms. The number of nitrogens with zero attached hydrogens (tertiary/aromatic N) is 3. The lowest BCUT2D eigenvalue weighted by molar-refractivity contribution is 0.0549. The molecule has 1 aromatic carbocycles. The zero-order valence-corrected chi connectivity index (χ0v) is 15.2. The first-order valence-corrected chi connectivity index (χ1v) is 9.24. The largest absolute Gasteiger partial charge is 0.479 e. The number of piperidine rings is 1. The van der Waals surface area contributed by atoms with Crippen molar-refractivity contribution in [2.24, 2.45) is 5.41 Å². The van der Waals surface area contributed by atoms with Crippen LogP contribution >= 0.6 is 0 Å². The van der Waals surface area contributed by atoms with Crippen molar-refractivity contribution in [3.8, 4) is 5.88 Å². The molecule has 0 radical (unpaired) electrons. The summed E-state index contributed by atoms with van der Waals surface area (Å²) in [5, 5.41) is 3.72. The Hall–Kier alpha value is -2.34. The second-order valence-corrected chi connectivity index (χ2v) is 7.47. The zero-order valence-electron chi connectivity index (χ0n) is 15.2. The maximum atomic E-state index is 12.6. The summed E-state index contributed by atoms with van der Waals surface area (Å²) in [6.07, 6.45) is 3.32. The van der Waals surface area contributed by atoms with E-state index in [1.807, 2.05) is 4.90 Å². The van der Waals surface area contributed by atoms with Crippen LogP contribution in [0, 0.1) is 5.41 Å². The zero-order chi connectivity index (χ0) is 18.0. The fourth-order valence-corrected chi connectivity index (χ4v) is 4.21. The molecule has 2 aromatic rings. The molecule has 4 rings (SSSR count). The molecule has 0 aliphatic carbocycles. The molecule has 0 bridgehead atoms. The van der Waals surface area contributed by atoms with E-state index in [1.54, 1.807) is 6.07 Å². The third-order valence-corrected chi connectivity index (χ3v) is 5.79. The van der Waals surface area contributed by atoms with Gasteiger partial charge in [0, 0.05) is 26.2 Å². The van der Waals surface area contributed by atoms with E-state index in [4.69, 9.17) is 9.26 Å². The van der Waals surface area contributed by atoms with Crippen molar-refractivity contribution in [1.82, 2.24) is 15.0 Å². The molecule has 0 unspecified atom stereocenters. The fourth-order valence-electron chi connectivity index (χ4n) is 4.21. The van der Waals surface area contributed by atoms with E-state index in [-0.39, 0.29) is 11.7 Å². The number of likely N-dealkylation sites (tertiary alicyclic amines) is 2. The summed E-state index contributed by atoms with van der Waals surface area (Å²) in [5.41, 5.74) is 1.72. The smallest absolute Gasteiger partial charge is 0.292 e. The van der Waals surface area contributed by atoms with Gasteiger partial charge in [-0.25, -0.2) is 0 Å². The molecule has 2 aliphatic heterocycles. The van der Waals surface area contributed by atoms with Gasteiger partial charge in [-0.2, -0.15) is 0 Å². The molecule has 1 aromatic heterocycles. The van der Waals surface area contributed by atoms with Gasteiger partial charge in [-0.05, 0) is 41.9 Å². The van der Waals surface area contributed by atoms with Crippen LogP contribution in [0.3, 0.4) is 0 Å². The third-order valence-electron chi connectivity index (χ3n) is 5.79. The molecular formula is C20H25N3O3. The van der Waals surface area contributed by atoms with Crippen molar-refractivity contribution < 1.29 is 14.1 Å². The predicted octanol–water partition coefficient (Wildman–Crippen LogP) is 2.81. The van der Waals surface area contributed by atoms with Crippen LogP contribution in [-0.2, 0) is 6.54 Å². The normalized spacial score (nSPS) is 19.8. The third kappa shape index (κ3) is 3.46. The molecular weight excluding hydrogens is 330 g/mol. The number of carbonyl (C=O) groups excluding carboxylic acids is 1. The summed E-state index contributed by atoms with van der Waals surface area (Å²) in [5.74, 6) is 0.513. The average Bonchev–Trinajstić information content (AvgIpc) is 3.30. The van der Waals surface area contributed by atoms with E-state index in [1.165, 1.54) is 19.1 Å². The number of ether oxygens (including phenoxy) is 1. The Kier molecular flexibility index (Phi) is 4.68. The van der Waals surface area contributed by atoms with Crippen LogP contribution < -0.4 is 4.74 Å². The number of benzene rings is 1. The lowest BCUT2D eigenvalue weighted by atomic mass is 9.77. The van der Waals surface area contributed by atoms with Crippen LogP contribution in [0.5, 0.6) is 5.88 Å². The lowest BCUT2D eigenvalue weighted by Crippen LogP contribution is -2.44. The highest BCUT2D eigenvalue weighted by Gasteiger charge is 2.41. The minimum absolute atomic E-state index is 0.0882. The number of hydrogen-bond donors (Lipinski definition) is 0. The van der Waals surface area contributed by atoms with Gasteiger partial charge < -0.3 is 14.2 Å². The Morgan fingerprint density at radius 1 is 1.19 bits per heavy atom.